The van der Waals surface area contributed by atoms with Crippen molar-refractivity contribution in [2.24, 2.45) is 5.73 Å². The van der Waals surface area contributed by atoms with Crippen molar-refractivity contribution in [2.75, 3.05) is 19.6 Å². The third kappa shape index (κ3) is 4.22. The third-order valence-corrected chi connectivity index (χ3v) is 2.51. The van der Waals surface area contributed by atoms with Crippen LogP contribution < -0.4 is 11.1 Å². The molecule has 2 amide bonds. The highest BCUT2D eigenvalue weighted by Crippen LogP contribution is 2.22. The van der Waals surface area contributed by atoms with Gasteiger partial charge in [-0.3, -0.25) is 9.59 Å². The van der Waals surface area contributed by atoms with Gasteiger partial charge in [0.2, 0.25) is 11.8 Å². The highest BCUT2D eigenvalue weighted by Gasteiger charge is 2.33. The van der Waals surface area contributed by atoms with E-state index in [1.165, 1.54) is 0 Å². The second kappa shape index (κ2) is 5.35. The van der Waals surface area contributed by atoms with Crippen LogP contribution >= 0.6 is 0 Å². The zero-order valence-corrected chi connectivity index (χ0v) is 9.09. The Morgan fingerprint density at radius 2 is 2.06 bits per heavy atom. The Balaban J connectivity index is 2.56. The summed E-state index contributed by atoms with van der Waals surface area (Å²) in [7, 11) is 0. The van der Waals surface area contributed by atoms with Gasteiger partial charge in [-0.15, -0.1) is 0 Å². The fraction of sp³-hybridized carbons (Fsp3) is 0.778. The molecule has 0 radical (unpaired) electrons. The summed E-state index contributed by atoms with van der Waals surface area (Å²) in [4.78, 5) is 23.7. The van der Waals surface area contributed by atoms with Crippen molar-refractivity contribution in [2.45, 2.75) is 25.1 Å². The summed E-state index contributed by atoms with van der Waals surface area (Å²) in [6.07, 6.45) is -6.19. The van der Waals surface area contributed by atoms with Crippen LogP contribution in [-0.2, 0) is 9.59 Å². The van der Waals surface area contributed by atoms with Gasteiger partial charge < -0.3 is 16.0 Å². The lowest BCUT2D eigenvalue weighted by Gasteiger charge is -2.34. The topological polar surface area (TPSA) is 75.4 Å². The fourth-order valence-corrected chi connectivity index (χ4v) is 1.65. The Labute approximate surface area is 96.1 Å². The van der Waals surface area contributed by atoms with Crippen LogP contribution in [0.25, 0.3) is 0 Å². The summed E-state index contributed by atoms with van der Waals surface area (Å²) in [5.74, 6) is -1.40. The molecule has 1 atom stereocenters. The number of rotatable bonds is 3. The molecule has 5 nitrogen and oxygen atoms in total. The Kier molecular flexibility index (Phi) is 4.33. The van der Waals surface area contributed by atoms with Crippen LogP contribution in [0.15, 0.2) is 0 Å². The maximum atomic E-state index is 12.0. The quantitative estimate of drug-likeness (QED) is 0.719. The number of hydrogen-bond donors (Lipinski definition) is 2. The minimum absolute atomic E-state index is 0.188. The first-order valence-electron chi connectivity index (χ1n) is 5.17. The summed E-state index contributed by atoms with van der Waals surface area (Å²) in [6, 6.07) is -0.857. The average molecular weight is 253 g/mol. The number of piperazine rings is 1. The molecule has 1 aliphatic heterocycles. The SMILES string of the molecule is NC(=O)C1CNCCN1C(=O)CCC(F)(F)F. The predicted octanol–water partition coefficient (Wildman–Crippen LogP) is -0.385. The summed E-state index contributed by atoms with van der Waals surface area (Å²) in [5, 5.41) is 2.86. The number of alkyl halides is 3. The van der Waals surface area contributed by atoms with Gasteiger partial charge in [0.05, 0.1) is 6.42 Å². The predicted molar refractivity (Wildman–Crippen MR) is 52.9 cm³/mol. The number of amides is 2. The lowest BCUT2D eigenvalue weighted by molar-refractivity contribution is -0.152. The lowest BCUT2D eigenvalue weighted by Crippen LogP contribution is -2.58. The van der Waals surface area contributed by atoms with E-state index in [1.54, 1.807) is 0 Å². The number of carbonyl (C=O) groups excluding carboxylic acids is 2. The molecule has 17 heavy (non-hydrogen) atoms. The number of hydrogen-bond acceptors (Lipinski definition) is 3. The third-order valence-electron chi connectivity index (χ3n) is 2.51. The number of nitrogens with one attached hydrogen (secondary N) is 1. The molecule has 1 heterocycles. The van der Waals surface area contributed by atoms with Crippen LogP contribution in [0.2, 0.25) is 0 Å². The van der Waals surface area contributed by atoms with E-state index in [0.717, 1.165) is 4.90 Å². The van der Waals surface area contributed by atoms with Crippen molar-refractivity contribution < 1.29 is 22.8 Å². The van der Waals surface area contributed by atoms with Crippen molar-refractivity contribution in [3.63, 3.8) is 0 Å². The second-order valence-electron chi connectivity index (χ2n) is 3.82. The molecule has 0 saturated carbocycles. The van der Waals surface area contributed by atoms with E-state index in [1.807, 2.05) is 0 Å². The van der Waals surface area contributed by atoms with E-state index in [9.17, 15) is 22.8 Å². The monoisotopic (exact) mass is 253 g/mol. The maximum absolute atomic E-state index is 12.0. The molecule has 0 aliphatic carbocycles. The highest BCUT2D eigenvalue weighted by atomic mass is 19.4. The van der Waals surface area contributed by atoms with Crippen LogP contribution in [0.4, 0.5) is 13.2 Å². The number of nitrogens with two attached hydrogens (primary N) is 1. The molecule has 0 spiro atoms. The maximum Gasteiger partial charge on any atom is 0.389 e. The molecule has 0 aromatic heterocycles. The largest absolute Gasteiger partial charge is 0.389 e. The Bertz CT molecular complexity index is 306. The summed E-state index contributed by atoms with van der Waals surface area (Å²) in [6.45, 7) is 0.832. The van der Waals surface area contributed by atoms with Crippen LogP contribution in [0, 0.1) is 0 Å². The summed E-state index contributed by atoms with van der Waals surface area (Å²) < 4.78 is 35.9. The molecular formula is C9H14F3N3O2. The number of primary amides is 1. The fourth-order valence-electron chi connectivity index (χ4n) is 1.65. The molecule has 1 fully saturated rings. The van der Waals surface area contributed by atoms with Gasteiger partial charge in [-0.05, 0) is 0 Å². The molecule has 98 valence electrons. The van der Waals surface area contributed by atoms with Crippen LogP contribution in [0.3, 0.4) is 0 Å². The lowest BCUT2D eigenvalue weighted by atomic mass is 10.1. The molecule has 1 unspecified atom stereocenters. The minimum atomic E-state index is -4.37. The van der Waals surface area contributed by atoms with Crippen molar-refractivity contribution >= 4 is 11.8 Å². The molecule has 0 bridgehead atoms. The van der Waals surface area contributed by atoms with Gasteiger partial charge in [0.1, 0.15) is 6.04 Å². The number of carbonyl (C=O) groups is 2. The van der Waals surface area contributed by atoms with Crippen LogP contribution in [-0.4, -0.2) is 48.6 Å². The first-order chi connectivity index (χ1) is 7.81. The van der Waals surface area contributed by atoms with E-state index in [-0.39, 0.29) is 13.1 Å². The zero-order valence-electron chi connectivity index (χ0n) is 9.09. The van der Waals surface area contributed by atoms with Crippen LogP contribution in [0.1, 0.15) is 12.8 Å². The molecule has 0 aromatic carbocycles. The van der Waals surface area contributed by atoms with Crippen LogP contribution in [0.5, 0.6) is 0 Å². The van der Waals surface area contributed by atoms with Crippen molar-refractivity contribution in [3.05, 3.63) is 0 Å². The molecule has 8 heteroatoms. The molecule has 1 rings (SSSR count). The number of halogens is 3. The van der Waals surface area contributed by atoms with Gasteiger partial charge in [0.15, 0.2) is 0 Å². The van der Waals surface area contributed by atoms with Gasteiger partial charge in [-0.25, -0.2) is 0 Å². The Morgan fingerprint density at radius 3 is 2.59 bits per heavy atom. The van der Waals surface area contributed by atoms with Crippen molar-refractivity contribution in [3.8, 4) is 0 Å². The first kappa shape index (κ1) is 13.8. The van der Waals surface area contributed by atoms with E-state index in [4.69, 9.17) is 5.73 Å². The van der Waals surface area contributed by atoms with E-state index >= 15 is 0 Å². The molecule has 0 aromatic rings. The highest BCUT2D eigenvalue weighted by molar-refractivity contribution is 5.87. The van der Waals surface area contributed by atoms with E-state index < -0.39 is 36.9 Å². The molecule has 1 saturated heterocycles. The van der Waals surface area contributed by atoms with E-state index in [2.05, 4.69) is 5.32 Å². The molecular weight excluding hydrogens is 239 g/mol. The average Bonchev–Trinajstić information content (AvgIpc) is 2.25. The Hall–Kier alpha value is -1.31. The van der Waals surface area contributed by atoms with Crippen molar-refractivity contribution in [1.29, 1.82) is 0 Å². The van der Waals surface area contributed by atoms with Gasteiger partial charge in [0, 0.05) is 26.1 Å². The minimum Gasteiger partial charge on any atom is -0.368 e. The molecule has 3 N–H and O–H groups in total. The standard InChI is InChI=1S/C9H14F3N3O2/c10-9(11,12)2-1-7(16)15-4-3-14-5-6(15)8(13)17/h6,14H,1-5H2,(H2,13,17). The van der Waals surface area contributed by atoms with Gasteiger partial charge in [-0.1, -0.05) is 0 Å². The van der Waals surface area contributed by atoms with Gasteiger partial charge in [-0.2, -0.15) is 13.2 Å². The van der Waals surface area contributed by atoms with Gasteiger partial charge >= 0.3 is 6.18 Å². The molecule has 1 aliphatic rings. The Morgan fingerprint density at radius 1 is 1.41 bits per heavy atom. The second-order valence-corrected chi connectivity index (χ2v) is 3.82. The number of nitrogens with zero attached hydrogens (tertiary/aromatic N) is 1. The van der Waals surface area contributed by atoms with Crippen molar-refractivity contribution in [1.82, 2.24) is 10.2 Å². The zero-order chi connectivity index (χ0) is 13.1. The van der Waals surface area contributed by atoms with Gasteiger partial charge in [0.25, 0.3) is 0 Å². The van der Waals surface area contributed by atoms with E-state index in [0.29, 0.717) is 6.54 Å². The smallest absolute Gasteiger partial charge is 0.368 e. The summed E-state index contributed by atoms with van der Waals surface area (Å²) in [5.41, 5.74) is 5.08. The summed E-state index contributed by atoms with van der Waals surface area (Å²) >= 11 is 0. The first-order valence-corrected chi connectivity index (χ1v) is 5.17. The normalized spacial score (nSPS) is 21.4.